The normalized spacial score (nSPS) is 12.0. The molecule has 2 rings (SSSR count). The highest BCUT2D eigenvalue weighted by atomic mass is 19.1. The Morgan fingerprint density at radius 1 is 1.16 bits per heavy atom. The van der Waals surface area contributed by atoms with Crippen molar-refractivity contribution in [1.29, 1.82) is 0 Å². The lowest BCUT2D eigenvalue weighted by atomic mass is 10.1. The highest BCUT2D eigenvalue weighted by molar-refractivity contribution is 5.47. The van der Waals surface area contributed by atoms with Gasteiger partial charge in [-0.15, -0.1) is 0 Å². The zero-order valence-corrected chi connectivity index (χ0v) is 11.2. The molecule has 0 aliphatic rings. The van der Waals surface area contributed by atoms with Crippen molar-refractivity contribution in [2.24, 2.45) is 0 Å². The van der Waals surface area contributed by atoms with Gasteiger partial charge in [-0.05, 0) is 31.0 Å². The topological polar surface area (TPSA) is 49.8 Å². The lowest BCUT2D eigenvalue weighted by Crippen LogP contribution is -2.09. The Morgan fingerprint density at radius 2 is 1.89 bits per heavy atom. The van der Waals surface area contributed by atoms with Crippen molar-refractivity contribution in [2.45, 2.75) is 19.9 Å². The molecule has 0 aliphatic heterocycles. The number of rotatable bonds is 4. The third kappa shape index (κ3) is 3.19. The lowest BCUT2D eigenvalue weighted by Gasteiger charge is -2.15. The highest BCUT2D eigenvalue weighted by Gasteiger charge is 2.08. The fraction of sp³-hybridized carbons (Fsp3) is 0.286. The molecule has 100 valence electrons. The van der Waals surface area contributed by atoms with Crippen LogP contribution in [0.2, 0.25) is 0 Å². The number of nitrogens with one attached hydrogen (secondary N) is 2. The summed E-state index contributed by atoms with van der Waals surface area (Å²) in [6, 6.07) is 7.02. The molecule has 4 nitrogen and oxygen atoms in total. The summed E-state index contributed by atoms with van der Waals surface area (Å²) in [7, 11) is 1.80. The molecule has 0 spiro atoms. The maximum absolute atomic E-state index is 13.5. The van der Waals surface area contributed by atoms with Crippen LogP contribution in [0.15, 0.2) is 30.6 Å². The highest BCUT2D eigenvalue weighted by Crippen LogP contribution is 2.20. The van der Waals surface area contributed by atoms with Gasteiger partial charge in [-0.1, -0.05) is 12.1 Å². The molecule has 0 aliphatic carbocycles. The van der Waals surface area contributed by atoms with Crippen molar-refractivity contribution < 1.29 is 4.39 Å². The lowest BCUT2D eigenvalue weighted by molar-refractivity contribution is 0.614. The van der Waals surface area contributed by atoms with E-state index in [1.807, 2.05) is 13.0 Å². The fourth-order valence-electron chi connectivity index (χ4n) is 1.76. The maximum Gasteiger partial charge on any atom is 0.131 e. The van der Waals surface area contributed by atoms with E-state index in [0.29, 0.717) is 11.4 Å². The van der Waals surface area contributed by atoms with E-state index in [1.54, 1.807) is 32.2 Å². The third-order valence-electron chi connectivity index (χ3n) is 2.98. The van der Waals surface area contributed by atoms with E-state index in [-0.39, 0.29) is 11.9 Å². The first-order valence-corrected chi connectivity index (χ1v) is 6.12. The van der Waals surface area contributed by atoms with Gasteiger partial charge in [0.25, 0.3) is 0 Å². The number of benzene rings is 1. The molecule has 0 saturated heterocycles. The zero-order chi connectivity index (χ0) is 13.8. The van der Waals surface area contributed by atoms with Crippen LogP contribution < -0.4 is 10.6 Å². The molecule has 0 amide bonds. The molecule has 5 heteroatoms. The van der Waals surface area contributed by atoms with E-state index in [1.165, 1.54) is 6.33 Å². The SMILES string of the molecule is CNc1cc(NC(C)c2ccc(C)c(F)c2)ncn1. The van der Waals surface area contributed by atoms with Crippen molar-refractivity contribution in [3.63, 3.8) is 0 Å². The molecule has 2 aromatic rings. The van der Waals surface area contributed by atoms with Crippen molar-refractivity contribution in [1.82, 2.24) is 9.97 Å². The quantitative estimate of drug-likeness (QED) is 0.886. The van der Waals surface area contributed by atoms with Gasteiger partial charge in [0.15, 0.2) is 0 Å². The van der Waals surface area contributed by atoms with Gasteiger partial charge in [0.2, 0.25) is 0 Å². The standard InChI is InChI=1S/C14H17FN4/c1-9-4-5-11(6-12(9)15)10(2)19-14-7-13(16-3)17-8-18-14/h4-8,10H,1-3H3,(H2,16,17,18,19). The number of nitrogens with zero attached hydrogens (tertiary/aromatic N) is 2. The smallest absolute Gasteiger partial charge is 0.131 e. The molecule has 1 heterocycles. The molecule has 0 fully saturated rings. The first-order valence-electron chi connectivity index (χ1n) is 6.12. The van der Waals surface area contributed by atoms with Gasteiger partial charge in [-0.3, -0.25) is 0 Å². The minimum absolute atomic E-state index is 0.0327. The van der Waals surface area contributed by atoms with Gasteiger partial charge in [-0.25, -0.2) is 14.4 Å². The number of hydrogen-bond acceptors (Lipinski definition) is 4. The number of aromatic nitrogens is 2. The van der Waals surface area contributed by atoms with E-state index in [4.69, 9.17) is 0 Å². The van der Waals surface area contributed by atoms with Crippen LogP contribution in [0.5, 0.6) is 0 Å². The Morgan fingerprint density at radius 3 is 2.58 bits per heavy atom. The van der Waals surface area contributed by atoms with Crippen molar-refractivity contribution in [3.8, 4) is 0 Å². The van der Waals surface area contributed by atoms with Crippen LogP contribution in [-0.4, -0.2) is 17.0 Å². The van der Waals surface area contributed by atoms with Crippen LogP contribution in [0.25, 0.3) is 0 Å². The Balaban J connectivity index is 2.15. The summed E-state index contributed by atoms with van der Waals surface area (Å²) in [5.41, 5.74) is 1.53. The second-order valence-corrected chi connectivity index (χ2v) is 4.41. The van der Waals surface area contributed by atoms with Gasteiger partial charge in [0.05, 0.1) is 6.04 Å². The van der Waals surface area contributed by atoms with Gasteiger partial charge >= 0.3 is 0 Å². The molecule has 19 heavy (non-hydrogen) atoms. The summed E-state index contributed by atoms with van der Waals surface area (Å²) in [6.45, 7) is 3.71. The number of hydrogen-bond donors (Lipinski definition) is 2. The number of anilines is 2. The predicted octanol–water partition coefficient (Wildman–Crippen LogP) is 3.14. The summed E-state index contributed by atoms with van der Waals surface area (Å²) in [4.78, 5) is 8.18. The van der Waals surface area contributed by atoms with Crippen LogP contribution in [0.3, 0.4) is 0 Å². The fourth-order valence-corrected chi connectivity index (χ4v) is 1.76. The van der Waals surface area contributed by atoms with E-state index in [0.717, 1.165) is 11.4 Å². The molecule has 1 unspecified atom stereocenters. The van der Waals surface area contributed by atoms with E-state index in [2.05, 4.69) is 20.6 Å². The van der Waals surface area contributed by atoms with Crippen LogP contribution >= 0.6 is 0 Å². The van der Waals surface area contributed by atoms with Gasteiger partial charge in [-0.2, -0.15) is 0 Å². The van der Waals surface area contributed by atoms with Gasteiger partial charge in [0, 0.05) is 13.1 Å². The Bertz CT molecular complexity index is 571. The third-order valence-corrected chi connectivity index (χ3v) is 2.98. The van der Waals surface area contributed by atoms with Crippen molar-refractivity contribution in [2.75, 3.05) is 17.7 Å². The van der Waals surface area contributed by atoms with Gasteiger partial charge < -0.3 is 10.6 Å². The number of halogens is 1. The van der Waals surface area contributed by atoms with Crippen molar-refractivity contribution >= 4 is 11.6 Å². The first kappa shape index (κ1) is 13.3. The molecule has 1 aromatic heterocycles. The van der Waals surface area contributed by atoms with Crippen molar-refractivity contribution in [3.05, 3.63) is 47.5 Å². The summed E-state index contributed by atoms with van der Waals surface area (Å²) < 4.78 is 13.5. The summed E-state index contributed by atoms with van der Waals surface area (Å²) in [5.74, 6) is 1.25. The van der Waals surface area contributed by atoms with Crippen LogP contribution in [0, 0.1) is 12.7 Å². The number of aryl methyl sites for hydroxylation is 1. The van der Waals surface area contributed by atoms with Crippen LogP contribution in [-0.2, 0) is 0 Å². The molecular weight excluding hydrogens is 243 g/mol. The largest absolute Gasteiger partial charge is 0.373 e. The molecule has 1 atom stereocenters. The molecule has 2 N–H and O–H groups in total. The van der Waals surface area contributed by atoms with Gasteiger partial charge in [0.1, 0.15) is 23.8 Å². The Kier molecular flexibility index (Phi) is 3.94. The monoisotopic (exact) mass is 260 g/mol. The predicted molar refractivity (Wildman–Crippen MR) is 74.8 cm³/mol. The average Bonchev–Trinajstić information content (AvgIpc) is 2.42. The zero-order valence-electron chi connectivity index (χ0n) is 11.2. The summed E-state index contributed by atoms with van der Waals surface area (Å²) >= 11 is 0. The summed E-state index contributed by atoms with van der Waals surface area (Å²) in [6.07, 6.45) is 1.48. The van der Waals surface area contributed by atoms with Crippen LogP contribution in [0.1, 0.15) is 24.1 Å². The van der Waals surface area contributed by atoms with E-state index < -0.39 is 0 Å². The second kappa shape index (κ2) is 5.65. The van der Waals surface area contributed by atoms with Crippen LogP contribution in [0.4, 0.5) is 16.0 Å². The molecular formula is C14H17FN4. The first-order chi connectivity index (χ1) is 9.10. The molecule has 0 bridgehead atoms. The molecule has 0 radical (unpaired) electrons. The average molecular weight is 260 g/mol. The second-order valence-electron chi connectivity index (χ2n) is 4.41. The van der Waals surface area contributed by atoms with E-state index >= 15 is 0 Å². The molecule has 1 aromatic carbocycles. The maximum atomic E-state index is 13.5. The van der Waals surface area contributed by atoms with E-state index in [9.17, 15) is 4.39 Å². The Hall–Kier alpha value is -2.17. The molecule has 0 saturated carbocycles. The minimum Gasteiger partial charge on any atom is -0.373 e. The minimum atomic E-state index is -0.190. The Labute approximate surface area is 112 Å². The summed E-state index contributed by atoms with van der Waals surface area (Å²) in [5, 5.41) is 6.17.